The van der Waals surface area contributed by atoms with Crippen LogP contribution in [0.25, 0.3) is 0 Å². The Balaban J connectivity index is 2.06. The molecule has 2 amide bonds. The van der Waals surface area contributed by atoms with Crippen LogP contribution in [-0.4, -0.2) is 58.0 Å². The molecule has 0 bridgehead atoms. The van der Waals surface area contributed by atoms with E-state index >= 15 is 0 Å². The molecule has 3 aromatic rings. The van der Waals surface area contributed by atoms with Gasteiger partial charge in [-0.25, -0.2) is 8.42 Å². The molecule has 0 aromatic heterocycles. The second kappa shape index (κ2) is 13.8. The number of carbonyl (C=O) groups is 2. The maximum Gasteiger partial charge on any atom is 0.264 e. The Kier molecular flexibility index (Phi) is 10.6. The topological polar surface area (TPSA) is 105 Å². The van der Waals surface area contributed by atoms with Crippen molar-refractivity contribution in [3.63, 3.8) is 0 Å². The van der Waals surface area contributed by atoms with E-state index < -0.39 is 28.5 Å². The highest BCUT2D eigenvalue weighted by atomic mass is 32.2. The van der Waals surface area contributed by atoms with Crippen LogP contribution in [0.3, 0.4) is 0 Å². The van der Waals surface area contributed by atoms with E-state index in [0.29, 0.717) is 23.6 Å². The molecule has 0 heterocycles. The standard InChI is InChI=1S/C30H37N3O6S/c1-6-28(30(35)31-22(2)3)32(20-23-11-10-12-26(19-23)39-5)29(34)21-33(24-15-17-25(38-4)18-16-24)40(36,37)27-13-8-7-9-14-27/h7-19,22,28H,6,20-21H2,1-5H3,(H,31,35)/t28-/m0/s1. The highest BCUT2D eigenvalue weighted by Gasteiger charge is 2.33. The van der Waals surface area contributed by atoms with Crippen molar-refractivity contribution in [2.45, 2.75) is 50.7 Å². The molecule has 0 aliphatic heterocycles. The van der Waals surface area contributed by atoms with Gasteiger partial charge in [0.15, 0.2) is 0 Å². The van der Waals surface area contributed by atoms with Crippen molar-refractivity contribution in [1.29, 1.82) is 0 Å². The maximum absolute atomic E-state index is 14.1. The molecule has 0 radical (unpaired) electrons. The number of anilines is 1. The van der Waals surface area contributed by atoms with Crippen molar-refractivity contribution in [1.82, 2.24) is 10.2 Å². The first-order valence-corrected chi connectivity index (χ1v) is 14.5. The number of methoxy groups -OCH3 is 2. The number of hydrogen-bond acceptors (Lipinski definition) is 6. The Bertz CT molecular complexity index is 1380. The predicted molar refractivity (Wildman–Crippen MR) is 155 cm³/mol. The molecule has 0 saturated heterocycles. The molecule has 3 rings (SSSR count). The molecule has 3 aromatic carbocycles. The van der Waals surface area contributed by atoms with Crippen molar-refractivity contribution < 1.29 is 27.5 Å². The fourth-order valence-electron chi connectivity index (χ4n) is 4.26. The quantitative estimate of drug-likeness (QED) is 0.332. The normalized spacial score (nSPS) is 11.9. The first-order valence-electron chi connectivity index (χ1n) is 13.0. The summed E-state index contributed by atoms with van der Waals surface area (Å²) in [5.41, 5.74) is 1.03. The van der Waals surface area contributed by atoms with E-state index in [4.69, 9.17) is 9.47 Å². The summed E-state index contributed by atoms with van der Waals surface area (Å²) in [6.07, 6.45) is 0.336. The van der Waals surface area contributed by atoms with Gasteiger partial charge in [-0.2, -0.15) is 0 Å². The van der Waals surface area contributed by atoms with Gasteiger partial charge in [0.2, 0.25) is 11.8 Å². The summed E-state index contributed by atoms with van der Waals surface area (Å²) in [7, 11) is -1.07. The van der Waals surface area contributed by atoms with Gasteiger partial charge < -0.3 is 19.7 Å². The number of ether oxygens (including phenoxy) is 2. The molecule has 0 saturated carbocycles. The Morgan fingerprint density at radius 2 is 1.52 bits per heavy atom. The van der Waals surface area contributed by atoms with Crippen LogP contribution in [0.1, 0.15) is 32.8 Å². The van der Waals surface area contributed by atoms with Crippen LogP contribution in [0.2, 0.25) is 0 Å². The number of nitrogens with zero attached hydrogens (tertiary/aromatic N) is 2. The van der Waals surface area contributed by atoms with Crippen LogP contribution < -0.4 is 19.1 Å². The number of nitrogens with one attached hydrogen (secondary N) is 1. The van der Waals surface area contributed by atoms with E-state index in [9.17, 15) is 18.0 Å². The Hall–Kier alpha value is -4.05. The molecule has 10 heteroatoms. The average Bonchev–Trinajstić information content (AvgIpc) is 2.95. The molecule has 214 valence electrons. The number of amides is 2. The predicted octanol–water partition coefficient (Wildman–Crippen LogP) is 4.23. The van der Waals surface area contributed by atoms with E-state index in [0.717, 1.165) is 9.87 Å². The minimum Gasteiger partial charge on any atom is -0.497 e. The monoisotopic (exact) mass is 567 g/mol. The number of hydrogen-bond donors (Lipinski definition) is 1. The lowest BCUT2D eigenvalue weighted by Gasteiger charge is -2.33. The molecule has 0 spiro atoms. The van der Waals surface area contributed by atoms with Gasteiger partial charge in [0, 0.05) is 12.6 Å². The van der Waals surface area contributed by atoms with Crippen LogP contribution in [0.5, 0.6) is 11.5 Å². The van der Waals surface area contributed by atoms with Crippen LogP contribution in [0.15, 0.2) is 83.8 Å². The van der Waals surface area contributed by atoms with Crippen molar-refractivity contribution in [2.75, 3.05) is 25.1 Å². The fraction of sp³-hybridized carbons (Fsp3) is 0.333. The van der Waals surface area contributed by atoms with E-state index in [1.165, 1.54) is 24.1 Å². The van der Waals surface area contributed by atoms with Gasteiger partial charge in [-0.15, -0.1) is 0 Å². The summed E-state index contributed by atoms with van der Waals surface area (Å²) in [5, 5.41) is 2.89. The first-order chi connectivity index (χ1) is 19.1. The molecular formula is C30H37N3O6S. The smallest absolute Gasteiger partial charge is 0.264 e. The number of carbonyl (C=O) groups excluding carboxylic acids is 2. The number of sulfonamides is 1. The van der Waals surface area contributed by atoms with Crippen LogP contribution >= 0.6 is 0 Å². The molecular weight excluding hydrogens is 530 g/mol. The van der Waals surface area contributed by atoms with Gasteiger partial charge in [-0.1, -0.05) is 37.3 Å². The minimum absolute atomic E-state index is 0.0440. The van der Waals surface area contributed by atoms with E-state index in [2.05, 4.69) is 5.32 Å². The maximum atomic E-state index is 14.1. The Labute approximate surface area is 236 Å². The molecule has 40 heavy (non-hydrogen) atoms. The zero-order valence-electron chi connectivity index (χ0n) is 23.5. The third-order valence-electron chi connectivity index (χ3n) is 6.27. The molecule has 1 N–H and O–H groups in total. The van der Waals surface area contributed by atoms with Gasteiger partial charge in [0.25, 0.3) is 10.0 Å². The van der Waals surface area contributed by atoms with E-state index in [1.54, 1.807) is 67.8 Å². The second-order valence-corrected chi connectivity index (χ2v) is 11.3. The summed E-state index contributed by atoms with van der Waals surface area (Å²) in [6.45, 7) is 5.08. The summed E-state index contributed by atoms with van der Waals surface area (Å²) >= 11 is 0. The summed E-state index contributed by atoms with van der Waals surface area (Å²) in [4.78, 5) is 28.8. The lowest BCUT2D eigenvalue weighted by molar-refractivity contribution is -0.140. The van der Waals surface area contributed by atoms with Crippen molar-refractivity contribution in [3.8, 4) is 11.5 Å². The number of benzene rings is 3. The summed E-state index contributed by atoms with van der Waals surface area (Å²) < 4.78 is 39.3. The van der Waals surface area contributed by atoms with Gasteiger partial charge in [-0.05, 0) is 74.4 Å². The largest absolute Gasteiger partial charge is 0.497 e. The van der Waals surface area contributed by atoms with Crippen molar-refractivity contribution in [2.24, 2.45) is 0 Å². The highest BCUT2D eigenvalue weighted by molar-refractivity contribution is 7.92. The van der Waals surface area contributed by atoms with E-state index in [1.807, 2.05) is 26.8 Å². The third kappa shape index (κ3) is 7.53. The Morgan fingerprint density at radius 3 is 2.10 bits per heavy atom. The number of rotatable bonds is 13. The first kappa shape index (κ1) is 30.5. The molecule has 9 nitrogen and oxygen atoms in total. The van der Waals surface area contributed by atoms with Gasteiger partial charge in [0.1, 0.15) is 24.1 Å². The lowest BCUT2D eigenvalue weighted by Crippen LogP contribution is -2.53. The van der Waals surface area contributed by atoms with Crippen LogP contribution in [-0.2, 0) is 26.2 Å². The van der Waals surface area contributed by atoms with Gasteiger partial charge >= 0.3 is 0 Å². The van der Waals surface area contributed by atoms with Gasteiger partial charge in [0.05, 0.1) is 24.8 Å². The SMILES string of the molecule is CC[C@@H](C(=O)NC(C)C)N(Cc1cccc(OC)c1)C(=O)CN(c1ccc(OC)cc1)S(=O)(=O)c1ccccc1. The molecule has 0 fully saturated rings. The fourth-order valence-corrected chi connectivity index (χ4v) is 5.70. The molecule has 1 atom stereocenters. The van der Waals surface area contributed by atoms with Crippen LogP contribution in [0.4, 0.5) is 5.69 Å². The van der Waals surface area contributed by atoms with Gasteiger partial charge in [-0.3, -0.25) is 13.9 Å². The summed E-state index contributed by atoms with van der Waals surface area (Å²) in [6, 6.07) is 20.6. The van der Waals surface area contributed by atoms with Crippen molar-refractivity contribution in [3.05, 3.63) is 84.4 Å². The molecule has 0 aliphatic rings. The highest BCUT2D eigenvalue weighted by Crippen LogP contribution is 2.27. The molecule has 0 aliphatic carbocycles. The zero-order chi connectivity index (χ0) is 29.3. The Morgan fingerprint density at radius 1 is 0.875 bits per heavy atom. The lowest BCUT2D eigenvalue weighted by atomic mass is 10.1. The minimum atomic E-state index is -4.13. The second-order valence-electron chi connectivity index (χ2n) is 9.48. The summed E-state index contributed by atoms with van der Waals surface area (Å²) in [5.74, 6) is 0.318. The van der Waals surface area contributed by atoms with Crippen LogP contribution in [0, 0.1) is 0 Å². The van der Waals surface area contributed by atoms with Crippen molar-refractivity contribution >= 4 is 27.5 Å². The molecule has 0 unspecified atom stereocenters. The third-order valence-corrected chi connectivity index (χ3v) is 8.06. The average molecular weight is 568 g/mol. The zero-order valence-corrected chi connectivity index (χ0v) is 24.4. The van der Waals surface area contributed by atoms with E-state index in [-0.39, 0.29) is 23.4 Å².